The topological polar surface area (TPSA) is 46.3 Å². The quantitative estimate of drug-likeness (QED) is 0.797. The van der Waals surface area contributed by atoms with Gasteiger partial charge in [0.15, 0.2) is 0 Å². The molecule has 1 aliphatic rings. The number of aryl methyl sites for hydroxylation is 1. The minimum absolute atomic E-state index is 0.194. The summed E-state index contributed by atoms with van der Waals surface area (Å²) in [6.07, 6.45) is 1.77. The van der Waals surface area contributed by atoms with E-state index in [1.807, 2.05) is 12.1 Å². The highest BCUT2D eigenvalue weighted by atomic mass is 79.9. The van der Waals surface area contributed by atoms with E-state index in [4.69, 9.17) is 5.73 Å². The van der Waals surface area contributed by atoms with Crippen LogP contribution < -0.4 is 10.6 Å². The van der Waals surface area contributed by atoms with E-state index >= 15 is 0 Å². The number of rotatable bonds is 1. The van der Waals surface area contributed by atoms with Gasteiger partial charge in [0.25, 0.3) is 5.91 Å². The van der Waals surface area contributed by atoms with Crippen molar-refractivity contribution in [3.05, 3.63) is 57.8 Å². The van der Waals surface area contributed by atoms with Crippen molar-refractivity contribution in [3.63, 3.8) is 0 Å². The zero-order valence-electron chi connectivity index (χ0n) is 11.3. The molecule has 3 rings (SSSR count). The third-order valence-electron chi connectivity index (χ3n) is 3.58. The molecule has 0 aliphatic carbocycles. The van der Waals surface area contributed by atoms with Gasteiger partial charge in [-0.1, -0.05) is 15.9 Å². The fourth-order valence-corrected chi connectivity index (χ4v) is 3.13. The molecule has 0 aromatic heterocycles. The minimum atomic E-state index is -0.428. The monoisotopic (exact) mass is 348 g/mol. The molecule has 1 heterocycles. The summed E-state index contributed by atoms with van der Waals surface area (Å²) in [5, 5.41) is 0. The summed E-state index contributed by atoms with van der Waals surface area (Å²) in [7, 11) is 0. The van der Waals surface area contributed by atoms with E-state index in [0.29, 0.717) is 22.3 Å². The number of anilines is 2. The molecule has 0 fully saturated rings. The van der Waals surface area contributed by atoms with Crippen molar-refractivity contribution in [2.45, 2.75) is 12.8 Å². The number of nitrogen functional groups attached to an aromatic ring is 1. The van der Waals surface area contributed by atoms with E-state index in [2.05, 4.69) is 15.9 Å². The Morgan fingerprint density at radius 3 is 2.81 bits per heavy atom. The molecule has 108 valence electrons. The maximum atomic E-state index is 13.5. The Kier molecular flexibility index (Phi) is 3.68. The molecule has 2 aromatic rings. The Bertz CT molecular complexity index is 697. The highest BCUT2D eigenvalue weighted by molar-refractivity contribution is 9.10. The molecule has 1 amide bonds. The van der Waals surface area contributed by atoms with Crippen LogP contribution in [0.3, 0.4) is 0 Å². The van der Waals surface area contributed by atoms with Crippen LogP contribution in [0.15, 0.2) is 40.9 Å². The number of benzene rings is 2. The molecule has 1 aliphatic heterocycles. The van der Waals surface area contributed by atoms with Crippen LogP contribution in [0, 0.1) is 5.82 Å². The number of hydrogen-bond donors (Lipinski definition) is 1. The van der Waals surface area contributed by atoms with Crippen molar-refractivity contribution in [2.75, 3.05) is 17.2 Å². The lowest BCUT2D eigenvalue weighted by Crippen LogP contribution is -2.35. The van der Waals surface area contributed by atoms with Gasteiger partial charge in [0.2, 0.25) is 0 Å². The maximum absolute atomic E-state index is 13.5. The van der Waals surface area contributed by atoms with Gasteiger partial charge in [0.05, 0.1) is 0 Å². The predicted octanol–water partition coefficient (Wildman–Crippen LogP) is 3.76. The van der Waals surface area contributed by atoms with Crippen LogP contribution in [0.1, 0.15) is 22.3 Å². The summed E-state index contributed by atoms with van der Waals surface area (Å²) < 4.78 is 14.0. The third kappa shape index (κ3) is 2.78. The molecule has 0 unspecified atom stereocenters. The minimum Gasteiger partial charge on any atom is -0.399 e. The van der Waals surface area contributed by atoms with E-state index in [9.17, 15) is 9.18 Å². The normalized spacial score (nSPS) is 13.9. The van der Waals surface area contributed by atoms with Crippen LogP contribution in [-0.2, 0) is 6.42 Å². The number of nitrogens with two attached hydrogens (primary N) is 1. The van der Waals surface area contributed by atoms with E-state index in [1.54, 1.807) is 17.0 Å². The number of halogens is 2. The molecule has 0 bridgehead atoms. The molecule has 3 nitrogen and oxygen atoms in total. The van der Waals surface area contributed by atoms with Gasteiger partial charge in [-0.05, 0) is 54.8 Å². The first-order valence-electron chi connectivity index (χ1n) is 6.71. The van der Waals surface area contributed by atoms with E-state index < -0.39 is 5.82 Å². The first-order valence-corrected chi connectivity index (χ1v) is 7.50. The fourth-order valence-electron chi connectivity index (χ4n) is 2.66. The molecular formula is C16H14BrFN2O. The molecule has 0 radical (unpaired) electrons. The van der Waals surface area contributed by atoms with Crippen molar-refractivity contribution in [1.29, 1.82) is 0 Å². The Balaban J connectivity index is 2.00. The SMILES string of the molecule is Nc1ccc2c(c1)CCCN2C(=O)c1cc(F)cc(Br)c1. The summed E-state index contributed by atoms with van der Waals surface area (Å²) in [5.41, 5.74) is 8.75. The van der Waals surface area contributed by atoms with Gasteiger partial charge in [-0.15, -0.1) is 0 Å². The Hall–Kier alpha value is -1.88. The molecule has 0 atom stereocenters. The highest BCUT2D eigenvalue weighted by Crippen LogP contribution is 2.30. The number of carbonyl (C=O) groups excluding carboxylic acids is 1. The molecule has 2 N–H and O–H groups in total. The average Bonchev–Trinajstić information content (AvgIpc) is 2.44. The maximum Gasteiger partial charge on any atom is 0.258 e. The number of carbonyl (C=O) groups is 1. The van der Waals surface area contributed by atoms with Crippen molar-refractivity contribution >= 4 is 33.2 Å². The molecule has 0 saturated carbocycles. The number of nitrogens with zero attached hydrogens (tertiary/aromatic N) is 1. The largest absolute Gasteiger partial charge is 0.399 e. The summed E-state index contributed by atoms with van der Waals surface area (Å²) >= 11 is 3.22. The molecule has 2 aromatic carbocycles. The van der Waals surface area contributed by atoms with E-state index in [0.717, 1.165) is 24.1 Å². The molecule has 0 spiro atoms. The second-order valence-electron chi connectivity index (χ2n) is 5.11. The summed E-state index contributed by atoms with van der Waals surface area (Å²) in [5.74, 6) is -0.622. The zero-order chi connectivity index (χ0) is 15.0. The first kappa shape index (κ1) is 14.1. The average molecular weight is 349 g/mol. The van der Waals surface area contributed by atoms with E-state index in [-0.39, 0.29) is 5.91 Å². The first-order chi connectivity index (χ1) is 10.0. The van der Waals surface area contributed by atoms with Crippen molar-refractivity contribution in [2.24, 2.45) is 0 Å². The third-order valence-corrected chi connectivity index (χ3v) is 4.03. The summed E-state index contributed by atoms with van der Waals surface area (Å²) in [4.78, 5) is 14.4. The van der Waals surface area contributed by atoms with Gasteiger partial charge < -0.3 is 10.6 Å². The van der Waals surface area contributed by atoms with Gasteiger partial charge >= 0.3 is 0 Å². The van der Waals surface area contributed by atoms with Gasteiger partial charge in [0.1, 0.15) is 5.82 Å². The highest BCUT2D eigenvalue weighted by Gasteiger charge is 2.24. The molecule has 21 heavy (non-hydrogen) atoms. The van der Waals surface area contributed by atoms with Crippen molar-refractivity contribution < 1.29 is 9.18 Å². The summed E-state index contributed by atoms with van der Waals surface area (Å²) in [6.45, 7) is 0.629. The molecule has 5 heteroatoms. The second kappa shape index (κ2) is 5.48. The number of hydrogen-bond acceptors (Lipinski definition) is 2. The van der Waals surface area contributed by atoms with Gasteiger partial charge in [-0.3, -0.25) is 4.79 Å². The van der Waals surface area contributed by atoms with Crippen molar-refractivity contribution in [3.8, 4) is 0 Å². The zero-order valence-corrected chi connectivity index (χ0v) is 12.9. The van der Waals surface area contributed by atoms with Crippen LogP contribution in [0.2, 0.25) is 0 Å². The van der Waals surface area contributed by atoms with Crippen LogP contribution >= 0.6 is 15.9 Å². The van der Waals surface area contributed by atoms with Crippen molar-refractivity contribution in [1.82, 2.24) is 0 Å². The lowest BCUT2D eigenvalue weighted by atomic mass is 10.00. The number of fused-ring (bicyclic) bond motifs is 1. The number of amides is 1. The van der Waals surface area contributed by atoms with Gasteiger partial charge in [0, 0.05) is 28.0 Å². The van der Waals surface area contributed by atoms with Crippen LogP contribution in [0.5, 0.6) is 0 Å². The predicted molar refractivity (Wildman–Crippen MR) is 85.0 cm³/mol. The lowest BCUT2D eigenvalue weighted by Gasteiger charge is -2.29. The molecule has 0 saturated heterocycles. The van der Waals surface area contributed by atoms with Crippen LogP contribution in [-0.4, -0.2) is 12.5 Å². The Morgan fingerprint density at radius 1 is 1.24 bits per heavy atom. The standard InChI is InChI=1S/C16H14BrFN2O/c17-12-6-11(7-13(18)9-12)16(21)20-5-1-2-10-8-14(19)3-4-15(10)20/h3-4,6-9H,1-2,5,19H2. The smallest absolute Gasteiger partial charge is 0.258 e. The second-order valence-corrected chi connectivity index (χ2v) is 6.02. The Morgan fingerprint density at radius 2 is 2.05 bits per heavy atom. The van der Waals surface area contributed by atoms with Gasteiger partial charge in [-0.2, -0.15) is 0 Å². The van der Waals surface area contributed by atoms with Crippen LogP contribution in [0.4, 0.5) is 15.8 Å². The van der Waals surface area contributed by atoms with Crippen LogP contribution in [0.25, 0.3) is 0 Å². The Labute approximate surface area is 130 Å². The summed E-state index contributed by atoms with van der Waals surface area (Å²) in [6, 6.07) is 9.77. The molecular weight excluding hydrogens is 335 g/mol. The van der Waals surface area contributed by atoms with E-state index in [1.165, 1.54) is 12.1 Å². The van der Waals surface area contributed by atoms with Gasteiger partial charge in [-0.25, -0.2) is 4.39 Å². The fraction of sp³-hybridized carbons (Fsp3) is 0.188. The lowest BCUT2D eigenvalue weighted by molar-refractivity contribution is 0.0984.